The lowest BCUT2D eigenvalue weighted by molar-refractivity contribution is -0.137. The van der Waals surface area contributed by atoms with E-state index in [-0.39, 0.29) is 13.0 Å². The van der Waals surface area contributed by atoms with Gasteiger partial charge >= 0.3 is 5.97 Å². The van der Waals surface area contributed by atoms with Crippen LogP contribution in [-0.2, 0) is 4.79 Å². The summed E-state index contributed by atoms with van der Waals surface area (Å²) in [6.07, 6.45) is 4.33. The summed E-state index contributed by atoms with van der Waals surface area (Å²) in [4.78, 5) is 21.0. The molecule has 0 aliphatic carbocycles. The van der Waals surface area contributed by atoms with E-state index in [1.807, 2.05) is 6.07 Å². The van der Waals surface area contributed by atoms with Gasteiger partial charge in [0.15, 0.2) is 0 Å². The Morgan fingerprint density at radius 3 is 3.10 bits per heavy atom. The maximum atomic E-state index is 10.4. The lowest BCUT2D eigenvalue weighted by atomic mass is 9.99. The van der Waals surface area contributed by atoms with E-state index >= 15 is 0 Å². The molecule has 1 aliphatic rings. The predicted octanol–water partition coefficient (Wildman–Crippen LogP) is 0.962. The van der Waals surface area contributed by atoms with Crippen molar-refractivity contribution in [1.29, 1.82) is 0 Å². The van der Waals surface area contributed by atoms with E-state index in [9.17, 15) is 9.90 Å². The first-order valence-electron chi connectivity index (χ1n) is 7.32. The van der Waals surface area contributed by atoms with E-state index in [1.165, 1.54) is 6.33 Å². The topological polar surface area (TPSA) is 98.6 Å². The minimum absolute atomic E-state index is 0.148. The molecule has 1 aromatic rings. The van der Waals surface area contributed by atoms with Crippen LogP contribution in [0.25, 0.3) is 0 Å². The molecule has 1 fully saturated rings. The minimum Gasteiger partial charge on any atom is -0.481 e. The number of hydrogen-bond acceptors (Lipinski definition) is 6. The Balaban J connectivity index is 1.89. The molecule has 0 amide bonds. The Kier molecular flexibility index (Phi) is 5.74. The summed E-state index contributed by atoms with van der Waals surface area (Å²) < 4.78 is 0. The average Bonchev–Trinajstić information content (AvgIpc) is 2.52. The molecule has 3 N–H and O–H groups in total. The zero-order chi connectivity index (χ0) is 15.1. The van der Waals surface area contributed by atoms with Crippen LogP contribution in [0.15, 0.2) is 12.4 Å². The van der Waals surface area contributed by atoms with Gasteiger partial charge < -0.3 is 20.4 Å². The number of nitrogens with zero attached hydrogens (tertiary/aromatic N) is 3. The number of carboxylic acid groups (broad SMARTS) is 1. The monoisotopic (exact) mass is 294 g/mol. The first-order chi connectivity index (χ1) is 10.2. The van der Waals surface area contributed by atoms with E-state index in [0.29, 0.717) is 24.7 Å². The number of rotatable bonds is 7. The fourth-order valence-electron chi connectivity index (χ4n) is 2.49. The Morgan fingerprint density at radius 2 is 2.33 bits per heavy atom. The first kappa shape index (κ1) is 15.5. The summed E-state index contributed by atoms with van der Waals surface area (Å²) in [5.41, 5.74) is 0. The molecular weight excluding hydrogens is 272 g/mol. The molecular formula is C14H22N4O3. The van der Waals surface area contributed by atoms with Crippen molar-refractivity contribution in [2.75, 3.05) is 36.5 Å². The molecule has 0 bridgehead atoms. The Bertz CT molecular complexity index is 469. The van der Waals surface area contributed by atoms with Crippen LogP contribution in [0.5, 0.6) is 0 Å². The van der Waals surface area contributed by atoms with Crippen LogP contribution < -0.4 is 10.2 Å². The summed E-state index contributed by atoms with van der Waals surface area (Å²) in [7, 11) is 0. The fourth-order valence-corrected chi connectivity index (χ4v) is 2.49. The van der Waals surface area contributed by atoms with Crippen LogP contribution in [0.3, 0.4) is 0 Å². The second-order valence-corrected chi connectivity index (χ2v) is 5.32. The highest BCUT2D eigenvalue weighted by molar-refractivity contribution is 5.66. The number of carbonyl (C=O) groups is 1. The average molecular weight is 294 g/mol. The van der Waals surface area contributed by atoms with Crippen LogP contribution in [0.2, 0.25) is 0 Å². The number of nitrogens with one attached hydrogen (secondary N) is 1. The highest BCUT2D eigenvalue weighted by atomic mass is 16.4. The third-order valence-electron chi connectivity index (χ3n) is 3.63. The molecule has 1 aromatic heterocycles. The van der Waals surface area contributed by atoms with Gasteiger partial charge in [0.2, 0.25) is 0 Å². The molecule has 2 heterocycles. The van der Waals surface area contributed by atoms with E-state index in [0.717, 1.165) is 31.7 Å². The maximum absolute atomic E-state index is 10.4. The van der Waals surface area contributed by atoms with Crippen molar-refractivity contribution < 1.29 is 15.0 Å². The molecule has 0 aromatic carbocycles. The summed E-state index contributed by atoms with van der Waals surface area (Å²) in [6.45, 7) is 2.53. The summed E-state index contributed by atoms with van der Waals surface area (Å²) >= 11 is 0. The van der Waals surface area contributed by atoms with E-state index in [4.69, 9.17) is 5.11 Å². The number of aliphatic carboxylic acids is 1. The lowest BCUT2D eigenvalue weighted by Gasteiger charge is -2.32. The van der Waals surface area contributed by atoms with Crippen molar-refractivity contribution >= 4 is 17.6 Å². The highest BCUT2D eigenvalue weighted by Gasteiger charge is 2.20. The zero-order valence-corrected chi connectivity index (χ0v) is 12.0. The Morgan fingerprint density at radius 1 is 1.48 bits per heavy atom. The van der Waals surface area contributed by atoms with Gasteiger partial charge in [-0.05, 0) is 25.2 Å². The molecule has 1 unspecified atom stereocenters. The van der Waals surface area contributed by atoms with Crippen molar-refractivity contribution in [3.05, 3.63) is 12.4 Å². The van der Waals surface area contributed by atoms with Gasteiger partial charge in [0.05, 0.1) is 0 Å². The van der Waals surface area contributed by atoms with Crippen LogP contribution in [-0.4, -0.2) is 52.4 Å². The van der Waals surface area contributed by atoms with Crippen molar-refractivity contribution in [3.63, 3.8) is 0 Å². The van der Waals surface area contributed by atoms with Crippen molar-refractivity contribution in [1.82, 2.24) is 9.97 Å². The number of hydrogen-bond donors (Lipinski definition) is 3. The second kappa shape index (κ2) is 7.78. The standard InChI is InChI=1S/C14H22N4O3/c19-9-11-3-2-6-18(8-11)13-7-12(16-10-17-13)15-5-1-4-14(20)21/h7,10-11,19H,1-6,8-9H2,(H,20,21)(H,15,16,17). The van der Waals surface area contributed by atoms with Crippen LogP contribution in [0, 0.1) is 5.92 Å². The normalized spacial score (nSPS) is 18.5. The number of aromatic nitrogens is 2. The van der Waals surface area contributed by atoms with E-state index in [2.05, 4.69) is 20.2 Å². The van der Waals surface area contributed by atoms with E-state index < -0.39 is 5.97 Å². The third kappa shape index (κ3) is 4.86. The molecule has 2 rings (SSSR count). The number of anilines is 2. The predicted molar refractivity (Wildman–Crippen MR) is 79.4 cm³/mol. The SMILES string of the molecule is O=C(O)CCCNc1cc(N2CCCC(CO)C2)ncn1. The molecule has 0 radical (unpaired) electrons. The zero-order valence-electron chi connectivity index (χ0n) is 12.0. The molecule has 0 spiro atoms. The van der Waals surface area contributed by atoms with Crippen LogP contribution in [0.1, 0.15) is 25.7 Å². The van der Waals surface area contributed by atoms with Crippen molar-refractivity contribution in [2.24, 2.45) is 5.92 Å². The van der Waals surface area contributed by atoms with Gasteiger partial charge in [-0.25, -0.2) is 9.97 Å². The fraction of sp³-hybridized carbons (Fsp3) is 0.643. The number of aliphatic hydroxyl groups is 1. The molecule has 7 heteroatoms. The van der Waals surface area contributed by atoms with Gasteiger partial charge in [-0.2, -0.15) is 0 Å². The van der Waals surface area contributed by atoms with Crippen LogP contribution in [0.4, 0.5) is 11.6 Å². The van der Waals surface area contributed by atoms with Gasteiger partial charge in [-0.3, -0.25) is 4.79 Å². The Labute approximate surface area is 124 Å². The summed E-state index contributed by atoms with van der Waals surface area (Å²) in [5.74, 6) is 1.07. The highest BCUT2D eigenvalue weighted by Crippen LogP contribution is 2.22. The van der Waals surface area contributed by atoms with E-state index in [1.54, 1.807) is 0 Å². The molecule has 1 aliphatic heterocycles. The third-order valence-corrected chi connectivity index (χ3v) is 3.63. The summed E-state index contributed by atoms with van der Waals surface area (Å²) in [5, 5.41) is 21.0. The molecule has 116 valence electrons. The molecule has 0 saturated carbocycles. The van der Waals surface area contributed by atoms with Crippen molar-refractivity contribution in [2.45, 2.75) is 25.7 Å². The molecule has 1 atom stereocenters. The minimum atomic E-state index is -0.788. The maximum Gasteiger partial charge on any atom is 0.303 e. The van der Waals surface area contributed by atoms with Gasteiger partial charge in [-0.1, -0.05) is 0 Å². The first-order valence-corrected chi connectivity index (χ1v) is 7.32. The number of carboxylic acids is 1. The number of piperidine rings is 1. The van der Waals surface area contributed by atoms with Gasteiger partial charge in [0.25, 0.3) is 0 Å². The largest absolute Gasteiger partial charge is 0.481 e. The smallest absolute Gasteiger partial charge is 0.303 e. The quantitative estimate of drug-likeness (QED) is 0.644. The molecule has 21 heavy (non-hydrogen) atoms. The lowest BCUT2D eigenvalue weighted by Crippen LogP contribution is -2.37. The molecule has 1 saturated heterocycles. The summed E-state index contributed by atoms with van der Waals surface area (Å²) in [6, 6.07) is 1.88. The second-order valence-electron chi connectivity index (χ2n) is 5.32. The van der Waals surface area contributed by atoms with Crippen molar-refractivity contribution in [3.8, 4) is 0 Å². The van der Waals surface area contributed by atoms with Gasteiger partial charge in [0.1, 0.15) is 18.0 Å². The van der Waals surface area contributed by atoms with Gasteiger partial charge in [-0.15, -0.1) is 0 Å². The van der Waals surface area contributed by atoms with Gasteiger partial charge in [0, 0.05) is 38.7 Å². The van der Waals surface area contributed by atoms with Crippen LogP contribution >= 0.6 is 0 Å². The molecule has 7 nitrogen and oxygen atoms in total. The Hall–Kier alpha value is -1.89. The number of aliphatic hydroxyl groups excluding tert-OH is 1.